The van der Waals surface area contributed by atoms with Crippen LogP contribution in [0.1, 0.15) is 206 Å². The van der Waals surface area contributed by atoms with Crippen LogP contribution in [0.2, 0.25) is 0 Å². The maximum atomic E-state index is 12.7. The minimum absolute atomic E-state index is 0.0459. The monoisotopic (exact) mass is 892 g/mol. The quantitative estimate of drug-likeness (QED) is 0.0195. The van der Waals surface area contributed by atoms with Crippen molar-refractivity contribution in [3.63, 3.8) is 0 Å². The van der Waals surface area contributed by atoms with Gasteiger partial charge in [-0.1, -0.05) is 171 Å². The average molecular weight is 892 g/mol. The first-order chi connectivity index (χ1) is 30.0. The number of hydrogen-bond donors (Lipinski definition) is 0. The van der Waals surface area contributed by atoms with Gasteiger partial charge in [0.05, 0.1) is 27.7 Å². The molecule has 0 aliphatic carbocycles. The number of likely N-dealkylation sites (N-methyl/N-ethyl adjacent to an activating group) is 1. The summed E-state index contributed by atoms with van der Waals surface area (Å²) >= 11 is 0. The van der Waals surface area contributed by atoms with Crippen LogP contribution in [0.15, 0.2) is 60.8 Å². The van der Waals surface area contributed by atoms with E-state index in [0.717, 1.165) is 57.8 Å². The number of hydrogen-bond acceptors (Lipinski definition) is 8. The van der Waals surface area contributed by atoms with Gasteiger partial charge in [-0.25, -0.2) is 0 Å². The van der Waals surface area contributed by atoms with E-state index in [2.05, 4.69) is 74.6 Å². The number of carbonyl (C=O) groups is 2. The lowest BCUT2D eigenvalue weighted by molar-refractivity contribution is -0.870. The molecule has 0 aliphatic rings. The predicted molar refractivity (Wildman–Crippen MR) is 259 cm³/mol. The van der Waals surface area contributed by atoms with Gasteiger partial charge in [0.1, 0.15) is 19.8 Å². The van der Waals surface area contributed by atoms with E-state index in [-0.39, 0.29) is 26.1 Å². The third-order valence-corrected chi connectivity index (χ3v) is 11.5. The topological polar surface area (TPSA) is 111 Å². The molecule has 62 heavy (non-hydrogen) atoms. The Morgan fingerprint density at radius 3 is 1.44 bits per heavy atom. The molecule has 0 aliphatic heterocycles. The van der Waals surface area contributed by atoms with E-state index >= 15 is 0 Å². The van der Waals surface area contributed by atoms with Gasteiger partial charge in [0.2, 0.25) is 0 Å². The van der Waals surface area contributed by atoms with Gasteiger partial charge in [0, 0.05) is 12.8 Å². The highest BCUT2D eigenvalue weighted by molar-refractivity contribution is 7.45. The van der Waals surface area contributed by atoms with Gasteiger partial charge < -0.3 is 27.9 Å². The van der Waals surface area contributed by atoms with Gasteiger partial charge in [0.25, 0.3) is 7.82 Å². The summed E-state index contributed by atoms with van der Waals surface area (Å²) in [6.07, 6.45) is 54.2. The summed E-state index contributed by atoms with van der Waals surface area (Å²) in [4.78, 5) is 37.6. The number of ether oxygens (including phenoxy) is 2. The number of phosphoric acid groups is 1. The fraction of sp³-hybridized carbons (Fsp3) is 0.769. The van der Waals surface area contributed by atoms with Crippen molar-refractivity contribution in [3.8, 4) is 0 Å². The Morgan fingerprint density at radius 2 is 0.903 bits per heavy atom. The molecule has 1 unspecified atom stereocenters. The fourth-order valence-corrected chi connectivity index (χ4v) is 7.29. The fourth-order valence-electron chi connectivity index (χ4n) is 6.56. The van der Waals surface area contributed by atoms with Crippen molar-refractivity contribution in [1.29, 1.82) is 0 Å². The third kappa shape index (κ3) is 47.2. The first-order valence-corrected chi connectivity index (χ1v) is 26.5. The minimum atomic E-state index is -4.65. The van der Waals surface area contributed by atoms with E-state index in [0.29, 0.717) is 23.9 Å². The van der Waals surface area contributed by atoms with Crippen LogP contribution < -0.4 is 4.89 Å². The average Bonchev–Trinajstić information content (AvgIpc) is 3.23. The van der Waals surface area contributed by atoms with Crippen LogP contribution >= 0.6 is 7.82 Å². The lowest BCUT2D eigenvalue weighted by Gasteiger charge is -2.28. The van der Waals surface area contributed by atoms with Crippen LogP contribution in [-0.4, -0.2) is 70.0 Å². The van der Waals surface area contributed by atoms with Gasteiger partial charge >= 0.3 is 11.9 Å². The largest absolute Gasteiger partial charge is 0.756 e. The summed E-state index contributed by atoms with van der Waals surface area (Å²) in [7, 11) is 1.12. The number of esters is 2. The molecular weight excluding hydrogens is 798 g/mol. The van der Waals surface area contributed by atoms with E-state index in [9.17, 15) is 19.0 Å². The van der Waals surface area contributed by atoms with E-state index in [4.69, 9.17) is 18.5 Å². The van der Waals surface area contributed by atoms with E-state index < -0.39 is 32.5 Å². The molecule has 0 aromatic heterocycles. The molecule has 0 amide bonds. The Hall–Kier alpha value is -2.29. The highest BCUT2D eigenvalue weighted by atomic mass is 31.2. The van der Waals surface area contributed by atoms with Gasteiger partial charge in [-0.05, 0) is 83.5 Å². The zero-order valence-electron chi connectivity index (χ0n) is 40.6. The zero-order chi connectivity index (χ0) is 45.7. The Bertz CT molecular complexity index is 1240. The van der Waals surface area contributed by atoms with Crippen LogP contribution in [0.4, 0.5) is 0 Å². The Balaban J connectivity index is 4.34. The van der Waals surface area contributed by atoms with Crippen LogP contribution in [0.3, 0.4) is 0 Å². The molecule has 0 aromatic carbocycles. The molecule has 0 aromatic rings. The van der Waals surface area contributed by atoms with E-state index in [1.54, 1.807) is 0 Å². The molecule has 9 nitrogen and oxygen atoms in total. The highest BCUT2D eigenvalue weighted by Gasteiger charge is 2.21. The van der Waals surface area contributed by atoms with Crippen LogP contribution in [0.5, 0.6) is 0 Å². The van der Waals surface area contributed by atoms with Crippen molar-refractivity contribution in [2.45, 2.75) is 213 Å². The lowest BCUT2D eigenvalue weighted by atomic mass is 10.0. The van der Waals surface area contributed by atoms with Crippen molar-refractivity contribution in [2.24, 2.45) is 0 Å². The number of phosphoric ester groups is 1. The summed E-state index contributed by atoms with van der Waals surface area (Å²) in [6.45, 7) is 4.12. The molecule has 2 atom stereocenters. The highest BCUT2D eigenvalue weighted by Crippen LogP contribution is 2.38. The zero-order valence-corrected chi connectivity index (χ0v) is 41.4. The van der Waals surface area contributed by atoms with Crippen molar-refractivity contribution in [2.75, 3.05) is 47.5 Å². The van der Waals surface area contributed by atoms with Gasteiger partial charge in [0.15, 0.2) is 6.10 Å². The summed E-state index contributed by atoms with van der Waals surface area (Å²) in [6, 6.07) is 0. The van der Waals surface area contributed by atoms with Crippen LogP contribution in [0, 0.1) is 0 Å². The number of carbonyl (C=O) groups excluding carboxylic acids is 2. The Morgan fingerprint density at radius 1 is 0.500 bits per heavy atom. The number of unbranched alkanes of at least 4 members (excludes halogenated alkanes) is 21. The molecule has 0 rings (SSSR count). The Labute approximate surface area is 381 Å². The standard InChI is InChI=1S/C52H94NO8P/c1-6-8-10-12-14-16-18-20-22-23-24-25-26-27-28-29-31-32-34-36-38-40-42-44-51(54)58-48-50(49-60-62(56,57)59-47-46-53(3,4)5)61-52(55)45-43-41-39-37-35-33-30-21-19-17-15-13-11-9-7-2/h15,17,21,29-31,35-38,50H,6-14,16,18-20,22-28,32-34,39-49H2,1-5H3/b17-15+,30-21+,31-29+,37-35+,38-36+/t50-/m0/s1. The molecule has 0 saturated carbocycles. The van der Waals surface area contributed by atoms with Crippen LogP contribution in [0.25, 0.3) is 0 Å². The van der Waals surface area contributed by atoms with Gasteiger partial charge in [-0.2, -0.15) is 0 Å². The molecule has 0 radical (unpaired) electrons. The molecule has 0 bridgehead atoms. The third-order valence-electron chi connectivity index (χ3n) is 10.5. The molecule has 0 spiro atoms. The second kappa shape index (κ2) is 43.9. The van der Waals surface area contributed by atoms with Gasteiger partial charge in [-0.3, -0.25) is 14.2 Å². The lowest BCUT2D eigenvalue weighted by Crippen LogP contribution is -2.37. The molecule has 360 valence electrons. The van der Waals surface area contributed by atoms with Crippen molar-refractivity contribution in [1.82, 2.24) is 0 Å². The van der Waals surface area contributed by atoms with E-state index in [1.165, 1.54) is 109 Å². The summed E-state index contributed by atoms with van der Waals surface area (Å²) in [5.41, 5.74) is 0. The van der Waals surface area contributed by atoms with Crippen LogP contribution in [-0.2, 0) is 32.7 Å². The molecule has 0 N–H and O–H groups in total. The number of allylic oxidation sites excluding steroid dienone is 10. The molecular formula is C52H94NO8P. The molecule has 0 saturated heterocycles. The second-order valence-corrected chi connectivity index (χ2v) is 19.2. The second-order valence-electron chi connectivity index (χ2n) is 17.8. The molecule has 0 heterocycles. The maximum Gasteiger partial charge on any atom is 0.306 e. The number of rotatable bonds is 45. The summed E-state index contributed by atoms with van der Waals surface area (Å²) in [5.74, 6) is -0.929. The summed E-state index contributed by atoms with van der Waals surface area (Å²) in [5, 5.41) is 0. The first-order valence-electron chi connectivity index (χ1n) is 25.0. The van der Waals surface area contributed by atoms with Crippen molar-refractivity contribution < 1.29 is 42.1 Å². The summed E-state index contributed by atoms with van der Waals surface area (Å²) < 4.78 is 33.9. The normalized spacial score (nSPS) is 14.0. The predicted octanol–water partition coefficient (Wildman–Crippen LogP) is 14.2. The number of quaternary nitrogens is 1. The SMILES string of the molecule is CCCCC/C=C/C/C=C/C/C=C/CCCCC(=O)O[C@@H](COC(=O)CCC/C=C/CC/C=C/CCCCCCCCCCCCCCCC)COP(=O)([O-])OCC[N+](C)(C)C. The van der Waals surface area contributed by atoms with Crippen molar-refractivity contribution >= 4 is 19.8 Å². The van der Waals surface area contributed by atoms with Gasteiger partial charge in [-0.15, -0.1) is 0 Å². The first kappa shape index (κ1) is 59.7. The number of nitrogens with zero attached hydrogens (tertiary/aromatic N) is 1. The van der Waals surface area contributed by atoms with Crippen molar-refractivity contribution in [3.05, 3.63) is 60.8 Å². The Kier molecular flexibility index (Phi) is 42.3. The minimum Gasteiger partial charge on any atom is -0.756 e. The molecule has 0 fully saturated rings. The van der Waals surface area contributed by atoms with E-state index in [1.807, 2.05) is 21.1 Å². The smallest absolute Gasteiger partial charge is 0.306 e. The molecule has 10 heteroatoms. The maximum absolute atomic E-state index is 12.7.